The van der Waals surface area contributed by atoms with Crippen LogP contribution in [0.2, 0.25) is 10.0 Å². The molecule has 184 valence electrons. The van der Waals surface area contributed by atoms with Crippen molar-refractivity contribution in [2.24, 2.45) is 0 Å². The minimum absolute atomic E-state index is 0.0239. The van der Waals surface area contributed by atoms with Gasteiger partial charge in [-0.1, -0.05) is 23.2 Å². The molecule has 0 saturated carbocycles. The molecule has 2 heterocycles. The molecule has 2 N–H and O–H groups in total. The number of rotatable bonds is 7. The molecule has 0 radical (unpaired) electrons. The Balaban J connectivity index is 1.46. The summed E-state index contributed by atoms with van der Waals surface area (Å²) < 4.78 is 33.7. The highest BCUT2D eigenvalue weighted by molar-refractivity contribution is 7.92. The number of anilines is 2. The highest BCUT2D eigenvalue weighted by Crippen LogP contribution is 2.22. The summed E-state index contributed by atoms with van der Waals surface area (Å²) in [6.07, 6.45) is 3.94. The second-order valence-corrected chi connectivity index (χ2v) is 9.54. The van der Waals surface area contributed by atoms with Crippen molar-refractivity contribution in [3.8, 4) is 11.6 Å². The van der Waals surface area contributed by atoms with Gasteiger partial charge in [0.1, 0.15) is 5.02 Å². The van der Waals surface area contributed by atoms with E-state index >= 15 is 0 Å². The first-order valence-electron chi connectivity index (χ1n) is 10.0. The van der Waals surface area contributed by atoms with Gasteiger partial charge in [0.05, 0.1) is 28.9 Å². The predicted octanol–water partition coefficient (Wildman–Crippen LogP) is 3.39. The number of ether oxygens (including phenoxy) is 1. The molecule has 0 aliphatic carbocycles. The van der Waals surface area contributed by atoms with Crippen molar-refractivity contribution >= 4 is 50.6 Å². The van der Waals surface area contributed by atoms with Crippen molar-refractivity contribution < 1.29 is 17.9 Å². The zero-order chi connectivity index (χ0) is 25.9. The Morgan fingerprint density at radius 1 is 1.00 bits per heavy atom. The molecule has 2 aromatic carbocycles. The summed E-state index contributed by atoms with van der Waals surface area (Å²) >= 11 is 11.7. The summed E-state index contributed by atoms with van der Waals surface area (Å²) in [6, 6.07) is 11.6. The summed E-state index contributed by atoms with van der Waals surface area (Å²) in [4.78, 5) is 32.6. The molecule has 36 heavy (non-hydrogen) atoms. The minimum atomic E-state index is -3.98. The highest BCUT2D eigenvalue weighted by Gasteiger charge is 2.18. The molecule has 4 rings (SSSR count). The van der Waals surface area contributed by atoms with Crippen LogP contribution >= 0.6 is 23.2 Å². The van der Waals surface area contributed by atoms with Gasteiger partial charge in [0.25, 0.3) is 27.4 Å². The quantitative estimate of drug-likeness (QED) is 0.358. The van der Waals surface area contributed by atoms with Crippen LogP contribution in [0.1, 0.15) is 10.4 Å². The summed E-state index contributed by atoms with van der Waals surface area (Å²) in [6.45, 7) is 0. The lowest BCUT2D eigenvalue weighted by Crippen LogP contribution is -2.21. The Hall–Kier alpha value is -4.00. The zero-order valence-electron chi connectivity index (χ0n) is 18.3. The molecule has 0 unspecified atom stereocenters. The lowest BCUT2D eigenvalue weighted by Gasteiger charge is -2.11. The normalized spacial score (nSPS) is 11.1. The molecule has 0 saturated heterocycles. The van der Waals surface area contributed by atoms with E-state index in [1.54, 1.807) is 0 Å². The van der Waals surface area contributed by atoms with E-state index in [0.29, 0.717) is 16.9 Å². The van der Waals surface area contributed by atoms with Crippen molar-refractivity contribution in [1.82, 2.24) is 19.7 Å². The summed E-state index contributed by atoms with van der Waals surface area (Å²) in [7, 11) is -2.64. The SMILES string of the molecule is COc1nccnc1NS(=O)(=O)c1ccc(NC(=O)c2ccc(-n3ncc(Cl)c(Cl)c3=O)cc2)cc1. The van der Waals surface area contributed by atoms with Gasteiger partial charge in [-0.3, -0.25) is 14.3 Å². The molecule has 14 heteroatoms. The number of aromatic nitrogens is 4. The van der Waals surface area contributed by atoms with Gasteiger partial charge in [-0.05, 0) is 48.5 Å². The maximum absolute atomic E-state index is 12.7. The van der Waals surface area contributed by atoms with Crippen LogP contribution in [0.4, 0.5) is 11.5 Å². The third-order valence-corrected chi connectivity index (χ3v) is 6.87. The summed E-state index contributed by atoms with van der Waals surface area (Å²) in [5.41, 5.74) is 0.447. The Kier molecular flexibility index (Phi) is 7.20. The minimum Gasteiger partial charge on any atom is -0.478 e. The molecule has 11 nitrogen and oxygen atoms in total. The van der Waals surface area contributed by atoms with E-state index in [-0.39, 0.29) is 26.6 Å². The Bertz CT molecular complexity index is 1590. The van der Waals surface area contributed by atoms with Crippen molar-refractivity contribution in [2.45, 2.75) is 4.90 Å². The van der Waals surface area contributed by atoms with Gasteiger partial charge >= 0.3 is 0 Å². The molecule has 2 aromatic heterocycles. The van der Waals surface area contributed by atoms with Crippen molar-refractivity contribution in [2.75, 3.05) is 17.1 Å². The van der Waals surface area contributed by atoms with Gasteiger partial charge in [-0.25, -0.2) is 18.4 Å². The monoisotopic (exact) mass is 546 g/mol. The predicted molar refractivity (Wildman–Crippen MR) is 134 cm³/mol. The van der Waals surface area contributed by atoms with Gasteiger partial charge in [0.2, 0.25) is 5.82 Å². The van der Waals surface area contributed by atoms with Crippen LogP contribution in [0.5, 0.6) is 5.88 Å². The van der Waals surface area contributed by atoms with Crippen molar-refractivity contribution in [3.63, 3.8) is 0 Å². The lowest BCUT2D eigenvalue weighted by atomic mass is 10.2. The van der Waals surface area contributed by atoms with Gasteiger partial charge in [-0.2, -0.15) is 9.78 Å². The summed E-state index contributed by atoms with van der Waals surface area (Å²) in [5.74, 6) is -0.482. The lowest BCUT2D eigenvalue weighted by molar-refractivity contribution is 0.102. The number of methoxy groups -OCH3 is 1. The maximum atomic E-state index is 12.7. The number of hydrogen-bond donors (Lipinski definition) is 2. The third-order valence-electron chi connectivity index (χ3n) is 4.76. The topological polar surface area (TPSA) is 145 Å². The third kappa shape index (κ3) is 5.30. The molecular formula is C22H16Cl2N6O5S. The van der Waals surface area contributed by atoms with E-state index in [4.69, 9.17) is 27.9 Å². The summed E-state index contributed by atoms with van der Waals surface area (Å²) in [5, 5.41) is 6.48. The first kappa shape index (κ1) is 25.1. The second-order valence-electron chi connectivity index (χ2n) is 7.07. The molecule has 1 amide bonds. The molecule has 0 aliphatic heterocycles. The number of sulfonamides is 1. The largest absolute Gasteiger partial charge is 0.478 e. The molecular weight excluding hydrogens is 531 g/mol. The van der Waals surface area contributed by atoms with Crippen LogP contribution in [0.15, 0.2) is 76.8 Å². The first-order chi connectivity index (χ1) is 17.2. The smallest absolute Gasteiger partial charge is 0.291 e. The van der Waals surface area contributed by atoms with E-state index in [9.17, 15) is 18.0 Å². The average molecular weight is 547 g/mol. The van der Waals surface area contributed by atoms with Crippen LogP contribution in [0.3, 0.4) is 0 Å². The number of amides is 1. The fourth-order valence-corrected chi connectivity index (χ4v) is 4.26. The number of nitrogens with zero attached hydrogens (tertiary/aromatic N) is 4. The van der Waals surface area contributed by atoms with Crippen LogP contribution in [0, 0.1) is 0 Å². The van der Waals surface area contributed by atoms with Crippen molar-refractivity contribution in [3.05, 3.63) is 93.1 Å². The number of hydrogen-bond acceptors (Lipinski definition) is 8. The molecule has 4 aromatic rings. The zero-order valence-corrected chi connectivity index (χ0v) is 20.7. The molecule has 0 bridgehead atoms. The molecule has 0 fully saturated rings. The molecule has 0 aliphatic rings. The van der Waals surface area contributed by atoms with E-state index in [1.165, 1.54) is 74.2 Å². The number of carbonyl (C=O) groups is 1. The van der Waals surface area contributed by atoms with Gasteiger partial charge < -0.3 is 10.1 Å². The van der Waals surface area contributed by atoms with Gasteiger partial charge in [0.15, 0.2) is 0 Å². The molecule has 0 spiro atoms. The van der Waals surface area contributed by atoms with Crippen LogP contribution in [0.25, 0.3) is 5.69 Å². The highest BCUT2D eigenvalue weighted by atomic mass is 35.5. The maximum Gasteiger partial charge on any atom is 0.291 e. The number of nitrogens with one attached hydrogen (secondary N) is 2. The van der Waals surface area contributed by atoms with Crippen LogP contribution in [-0.2, 0) is 10.0 Å². The number of halogens is 2. The van der Waals surface area contributed by atoms with E-state index in [0.717, 1.165) is 4.68 Å². The number of benzene rings is 2. The fraction of sp³-hybridized carbons (Fsp3) is 0.0455. The van der Waals surface area contributed by atoms with E-state index in [1.807, 2.05) is 0 Å². The van der Waals surface area contributed by atoms with Gasteiger partial charge in [-0.15, -0.1) is 0 Å². The van der Waals surface area contributed by atoms with Crippen molar-refractivity contribution in [1.29, 1.82) is 0 Å². The van der Waals surface area contributed by atoms with Gasteiger partial charge in [0, 0.05) is 23.6 Å². The fourth-order valence-electron chi connectivity index (χ4n) is 3.00. The second kappa shape index (κ2) is 10.3. The average Bonchev–Trinajstić information content (AvgIpc) is 2.88. The van der Waals surface area contributed by atoms with E-state index < -0.39 is 21.5 Å². The number of carbonyl (C=O) groups excluding carboxylic acids is 1. The molecule has 0 atom stereocenters. The standard InChI is InChI=1S/C22H16Cl2N6O5S/c1-35-21-19(25-10-11-26-21)29-36(33,34)16-8-4-14(5-9-16)28-20(31)13-2-6-15(7-3-13)30-22(32)18(24)17(23)12-27-30/h2-12H,1H3,(H,25,29)(H,28,31). The Morgan fingerprint density at radius 2 is 1.67 bits per heavy atom. The van der Waals surface area contributed by atoms with Crippen LogP contribution in [-0.4, -0.2) is 41.2 Å². The Morgan fingerprint density at radius 3 is 2.33 bits per heavy atom. The van der Waals surface area contributed by atoms with E-state index in [2.05, 4.69) is 25.1 Å². The Labute approximate surface area is 214 Å². The van der Waals surface area contributed by atoms with Crippen LogP contribution < -0.4 is 20.3 Å². The first-order valence-corrected chi connectivity index (χ1v) is 12.3.